The Bertz CT molecular complexity index is 890. The zero-order valence-corrected chi connectivity index (χ0v) is 19.1. The fourth-order valence-corrected chi connectivity index (χ4v) is 4.69. The van der Waals surface area contributed by atoms with Gasteiger partial charge in [0.25, 0.3) is 0 Å². The summed E-state index contributed by atoms with van der Waals surface area (Å²) < 4.78 is 6.49. The Morgan fingerprint density at radius 3 is 2.23 bits per heavy atom. The van der Waals surface area contributed by atoms with E-state index in [9.17, 15) is 9.59 Å². The number of carbonyl (C=O) groups excluding carboxylic acids is 2. The lowest BCUT2D eigenvalue weighted by Crippen LogP contribution is -2.53. The summed E-state index contributed by atoms with van der Waals surface area (Å²) in [6.07, 6.45) is 1.23. The van der Waals surface area contributed by atoms with Crippen LogP contribution in [0.4, 0.5) is 5.69 Å². The summed E-state index contributed by atoms with van der Waals surface area (Å²) >= 11 is 3.46. The smallest absolute Gasteiger partial charge is 0.242 e. The van der Waals surface area contributed by atoms with Crippen LogP contribution in [-0.4, -0.2) is 62.7 Å². The summed E-state index contributed by atoms with van der Waals surface area (Å²) in [6, 6.07) is 18.1. The Hall–Kier alpha value is -2.38. The lowest BCUT2D eigenvalue weighted by molar-refractivity contribution is -0.136. The van der Waals surface area contributed by atoms with E-state index >= 15 is 0 Å². The molecule has 2 heterocycles. The maximum atomic E-state index is 13.3. The molecular formula is C24H28BrN3O3. The topological polar surface area (TPSA) is 61.9 Å². The van der Waals surface area contributed by atoms with Gasteiger partial charge in [-0.1, -0.05) is 46.3 Å². The van der Waals surface area contributed by atoms with Crippen LogP contribution in [0.1, 0.15) is 18.4 Å². The van der Waals surface area contributed by atoms with Gasteiger partial charge in [-0.25, -0.2) is 0 Å². The first-order chi connectivity index (χ1) is 15.1. The molecule has 0 bridgehead atoms. The summed E-state index contributed by atoms with van der Waals surface area (Å²) in [7, 11) is 0. The van der Waals surface area contributed by atoms with Crippen LogP contribution >= 0.6 is 15.9 Å². The van der Waals surface area contributed by atoms with E-state index in [0.717, 1.165) is 23.1 Å². The van der Waals surface area contributed by atoms with E-state index in [1.165, 1.54) is 5.69 Å². The average molecular weight is 486 g/mol. The number of rotatable bonds is 5. The first-order valence-electron chi connectivity index (χ1n) is 10.8. The number of hydrogen-bond donors (Lipinski definition) is 1. The van der Waals surface area contributed by atoms with Crippen LogP contribution < -0.4 is 10.2 Å². The van der Waals surface area contributed by atoms with Crippen molar-refractivity contribution >= 4 is 33.4 Å². The maximum absolute atomic E-state index is 13.3. The Balaban J connectivity index is 1.35. The normalized spacial score (nSPS) is 18.5. The maximum Gasteiger partial charge on any atom is 0.242 e. The zero-order valence-electron chi connectivity index (χ0n) is 17.6. The van der Waals surface area contributed by atoms with Gasteiger partial charge < -0.3 is 19.9 Å². The molecule has 0 aliphatic carbocycles. The molecule has 2 aromatic carbocycles. The van der Waals surface area contributed by atoms with E-state index in [1.807, 2.05) is 47.4 Å². The van der Waals surface area contributed by atoms with Gasteiger partial charge in [-0.15, -0.1) is 0 Å². The van der Waals surface area contributed by atoms with E-state index in [0.29, 0.717) is 39.1 Å². The van der Waals surface area contributed by atoms with Crippen molar-refractivity contribution < 1.29 is 14.3 Å². The number of piperazine rings is 1. The third-order valence-corrected chi connectivity index (χ3v) is 6.86. The molecule has 2 aliphatic heterocycles. The quantitative estimate of drug-likeness (QED) is 0.706. The van der Waals surface area contributed by atoms with E-state index in [2.05, 4.69) is 38.3 Å². The van der Waals surface area contributed by atoms with Gasteiger partial charge in [-0.05, 0) is 42.7 Å². The van der Waals surface area contributed by atoms with Crippen LogP contribution in [0.15, 0.2) is 59.1 Å². The number of ether oxygens (including phenoxy) is 1. The Labute approximate surface area is 191 Å². The second-order valence-electron chi connectivity index (χ2n) is 8.09. The highest BCUT2D eigenvalue weighted by atomic mass is 79.9. The molecule has 7 heteroatoms. The van der Waals surface area contributed by atoms with Gasteiger partial charge in [0.1, 0.15) is 0 Å². The van der Waals surface area contributed by atoms with Crippen LogP contribution in [-0.2, 0) is 19.7 Å². The number of hydrogen-bond acceptors (Lipinski definition) is 4. The monoisotopic (exact) mass is 485 g/mol. The SMILES string of the molecule is O=C(CNC(=O)C1(c2ccc(Br)cc2)CCOCC1)N1CCN(c2ccccc2)CC1. The van der Waals surface area contributed by atoms with Gasteiger partial charge in [-0.2, -0.15) is 0 Å². The minimum atomic E-state index is -0.648. The molecule has 2 amide bonds. The van der Waals surface area contributed by atoms with Crippen molar-refractivity contribution in [1.82, 2.24) is 10.2 Å². The average Bonchev–Trinajstić information content (AvgIpc) is 2.84. The predicted octanol–water partition coefficient (Wildman–Crippen LogP) is 2.96. The molecule has 0 spiro atoms. The first-order valence-corrected chi connectivity index (χ1v) is 11.6. The Morgan fingerprint density at radius 1 is 0.935 bits per heavy atom. The van der Waals surface area contributed by atoms with E-state index in [4.69, 9.17) is 4.74 Å². The van der Waals surface area contributed by atoms with Gasteiger partial charge >= 0.3 is 0 Å². The van der Waals surface area contributed by atoms with Crippen molar-refractivity contribution in [3.05, 3.63) is 64.6 Å². The number of para-hydroxylation sites is 1. The lowest BCUT2D eigenvalue weighted by Gasteiger charge is -2.37. The van der Waals surface area contributed by atoms with Crippen LogP contribution in [0.5, 0.6) is 0 Å². The molecule has 4 rings (SSSR count). The van der Waals surface area contributed by atoms with Crippen LogP contribution in [0.2, 0.25) is 0 Å². The highest BCUT2D eigenvalue weighted by molar-refractivity contribution is 9.10. The molecule has 0 saturated carbocycles. The van der Waals surface area contributed by atoms with E-state index in [-0.39, 0.29) is 18.4 Å². The summed E-state index contributed by atoms with van der Waals surface area (Å²) in [5.74, 6) is -0.117. The van der Waals surface area contributed by atoms with Crippen LogP contribution in [0.25, 0.3) is 0 Å². The number of carbonyl (C=O) groups is 2. The Kier molecular flexibility index (Phi) is 6.92. The van der Waals surface area contributed by atoms with Gasteiger partial charge in [0.05, 0.1) is 12.0 Å². The molecular weight excluding hydrogens is 458 g/mol. The van der Waals surface area contributed by atoms with Gasteiger partial charge in [0, 0.05) is 49.6 Å². The third kappa shape index (κ3) is 4.93. The zero-order chi connectivity index (χ0) is 21.7. The number of halogens is 1. The second kappa shape index (κ2) is 9.83. The second-order valence-corrected chi connectivity index (χ2v) is 9.00. The standard InChI is InChI=1S/C24H28BrN3O3/c25-20-8-6-19(7-9-20)24(10-16-31-17-11-24)23(30)26-18-22(29)28-14-12-27(13-15-28)21-4-2-1-3-5-21/h1-9H,10-18H2,(H,26,30). The fourth-order valence-electron chi connectivity index (χ4n) is 4.43. The minimum absolute atomic E-state index is 0.0286. The summed E-state index contributed by atoms with van der Waals surface area (Å²) in [5.41, 5.74) is 1.50. The highest BCUT2D eigenvalue weighted by Crippen LogP contribution is 2.35. The first kappa shape index (κ1) is 21.8. The fraction of sp³-hybridized carbons (Fsp3) is 0.417. The summed E-state index contributed by atoms with van der Waals surface area (Å²) in [6.45, 7) is 4.03. The molecule has 2 saturated heterocycles. The number of amides is 2. The molecule has 0 radical (unpaired) electrons. The number of anilines is 1. The molecule has 2 fully saturated rings. The molecule has 2 aliphatic rings. The number of nitrogens with zero attached hydrogens (tertiary/aromatic N) is 2. The molecule has 164 valence electrons. The molecule has 6 nitrogen and oxygen atoms in total. The van der Waals surface area contributed by atoms with E-state index < -0.39 is 5.41 Å². The molecule has 2 aromatic rings. The Morgan fingerprint density at radius 2 is 1.58 bits per heavy atom. The molecule has 0 unspecified atom stereocenters. The highest BCUT2D eigenvalue weighted by Gasteiger charge is 2.41. The van der Waals surface area contributed by atoms with Crippen molar-refractivity contribution in [2.24, 2.45) is 0 Å². The van der Waals surface area contributed by atoms with E-state index in [1.54, 1.807) is 0 Å². The number of nitrogens with one attached hydrogen (secondary N) is 1. The lowest BCUT2D eigenvalue weighted by atomic mass is 9.73. The third-order valence-electron chi connectivity index (χ3n) is 6.33. The van der Waals surface area contributed by atoms with Crippen LogP contribution in [0.3, 0.4) is 0 Å². The van der Waals surface area contributed by atoms with Crippen molar-refractivity contribution in [2.45, 2.75) is 18.3 Å². The van der Waals surface area contributed by atoms with Crippen molar-refractivity contribution in [3.8, 4) is 0 Å². The van der Waals surface area contributed by atoms with Crippen molar-refractivity contribution in [2.75, 3.05) is 50.8 Å². The van der Waals surface area contributed by atoms with Crippen LogP contribution in [0, 0.1) is 0 Å². The van der Waals surface area contributed by atoms with Gasteiger partial charge in [0.2, 0.25) is 11.8 Å². The van der Waals surface area contributed by atoms with Gasteiger partial charge in [0.15, 0.2) is 0 Å². The number of benzene rings is 2. The van der Waals surface area contributed by atoms with Crippen molar-refractivity contribution in [3.63, 3.8) is 0 Å². The molecule has 0 atom stereocenters. The van der Waals surface area contributed by atoms with Crippen molar-refractivity contribution in [1.29, 1.82) is 0 Å². The summed E-state index contributed by atoms with van der Waals surface area (Å²) in [4.78, 5) is 30.2. The molecule has 0 aromatic heterocycles. The summed E-state index contributed by atoms with van der Waals surface area (Å²) in [5, 5.41) is 2.94. The molecule has 1 N–H and O–H groups in total. The minimum Gasteiger partial charge on any atom is -0.381 e. The largest absolute Gasteiger partial charge is 0.381 e. The predicted molar refractivity (Wildman–Crippen MR) is 124 cm³/mol. The van der Waals surface area contributed by atoms with Gasteiger partial charge in [-0.3, -0.25) is 9.59 Å². The molecule has 31 heavy (non-hydrogen) atoms.